The predicted octanol–water partition coefficient (Wildman–Crippen LogP) is 5.62. The fourth-order valence-corrected chi connectivity index (χ4v) is 2.52. The predicted molar refractivity (Wildman–Crippen MR) is 102 cm³/mol. The molecule has 1 atom stereocenters. The number of hydrogen-bond acceptors (Lipinski definition) is 4. The molecule has 5 nitrogen and oxygen atoms in total. The molecule has 0 aliphatic rings. The van der Waals surface area contributed by atoms with Crippen molar-refractivity contribution in [2.24, 2.45) is 5.92 Å². The molecule has 0 aliphatic heterocycles. The number of esters is 1. The minimum absolute atomic E-state index is 0.224. The molecule has 1 unspecified atom stereocenters. The van der Waals surface area contributed by atoms with E-state index in [1.54, 1.807) is 24.3 Å². The number of halogens is 3. The van der Waals surface area contributed by atoms with Gasteiger partial charge in [0.15, 0.2) is 0 Å². The first-order valence-electron chi connectivity index (χ1n) is 9.49. The Hall–Kier alpha value is -2.69. The second kappa shape index (κ2) is 12.0. The molecule has 0 aromatic heterocycles. The van der Waals surface area contributed by atoms with E-state index in [2.05, 4.69) is 23.4 Å². The summed E-state index contributed by atoms with van der Waals surface area (Å²) < 4.78 is 47.7. The molecule has 0 radical (unpaired) electrons. The molecular weight excluding hydrogens is 387 g/mol. The SMILES string of the molecule is [C-]#[N+]C(C(=O)OCCc1ccc(OCC(CC)CCCC)cc1)=C(O)C(F)(F)F. The lowest BCUT2D eigenvalue weighted by atomic mass is 10.0. The number of unbranched alkanes of at least 4 members (excludes halogenated alkanes) is 1. The number of ether oxygens (including phenoxy) is 2. The van der Waals surface area contributed by atoms with Crippen LogP contribution in [0.4, 0.5) is 13.2 Å². The van der Waals surface area contributed by atoms with Crippen LogP contribution >= 0.6 is 0 Å². The van der Waals surface area contributed by atoms with Crippen molar-refractivity contribution in [3.05, 3.63) is 52.7 Å². The molecule has 29 heavy (non-hydrogen) atoms. The second-order valence-electron chi connectivity index (χ2n) is 6.56. The average Bonchev–Trinajstić information content (AvgIpc) is 2.69. The van der Waals surface area contributed by atoms with Crippen molar-refractivity contribution in [1.29, 1.82) is 0 Å². The van der Waals surface area contributed by atoms with Crippen LogP contribution in [0.3, 0.4) is 0 Å². The molecule has 1 rings (SSSR count). The van der Waals surface area contributed by atoms with E-state index in [-0.39, 0.29) is 13.0 Å². The van der Waals surface area contributed by atoms with Crippen LogP contribution in [0.25, 0.3) is 4.85 Å². The highest BCUT2D eigenvalue weighted by Gasteiger charge is 2.39. The summed E-state index contributed by atoms with van der Waals surface area (Å²) in [7, 11) is 0. The number of aliphatic hydroxyl groups is 1. The van der Waals surface area contributed by atoms with E-state index in [0.29, 0.717) is 18.3 Å². The van der Waals surface area contributed by atoms with Gasteiger partial charge >= 0.3 is 17.8 Å². The van der Waals surface area contributed by atoms with Gasteiger partial charge in [-0.15, -0.1) is 0 Å². The fourth-order valence-electron chi connectivity index (χ4n) is 2.52. The van der Waals surface area contributed by atoms with Crippen LogP contribution in [0.5, 0.6) is 5.75 Å². The van der Waals surface area contributed by atoms with Gasteiger partial charge in [0.05, 0.1) is 19.8 Å². The standard InChI is InChI=1S/C21H26F3NO4/c1-4-6-7-15(5-2)14-29-17-10-8-16(9-11-17)12-13-28-20(27)18(25-3)19(26)21(22,23)24/h8-11,15,26H,4-7,12-14H2,1-2H3. The molecule has 0 saturated carbocycles. The van der Waals surface area contributed by atoms with Crippen molar-refractivity contribution in [1.82, 2.24) is 0 Å². The van der Waals surface area contributed by atoms with E-state index in [9.17, 15) is 18.0 Å². The maximum atomic E-state index is 12.4. The van der Waals surface area contributed by atoms with Crippen molar-refractivity contribution in [3.63, 3.8) is 0 Å². The van der Waals surface area contributed by atoms with Crippen LogP contribution in [0.15, 0.2) is 35.7 Å². The summed E-state index contributed by atoms with van der Waals surface area (Å²) in [5.41, 5.74) is -0.689. The van der Waals surface area contributed by atoms with Gasteiger partial charge < -0.3 is 14.6 Å². The Labute approximate surface area is 168 Å². The van der Waals surface area contributed by atoms with Gasteiger partial charge in [-0.25, -0.2) is 4.85 Å². The Bertz CT molecular complexity index is 721. The van der Waals surface area contributed by atoms with Crippen molar-refractivity contribution in [3.8, 4) is 5.75 Å². The third kappa shape index (κ3) is 8.46. The Morgan fingerprint density at radius 2 is 1.90 bits per heavy atom. The molecule has 0 bridgehead atoms. The number of alkyl halides is 3. The van der Waals surface area contributed by atoms with Crippen LogP contribution in [0.2, 0.25) is 0 Å². The normalized spacial score (nSPS) is 13.2. The van der Waals surface area contributed by atoms with Gasteiger partial charge in [-0.05, 0) is 30.0 Å². The second-order valence-corrected chi connectivity index (χ2v) is 6.56. The summed E-state index contributed by atoms with van der Waals surface area (Å²) in [6, 6.07) is 7.11. The molecule has 0 aliphatic carbocycles. The van der Waals surface area contributed by atoms with Crippen LogP contribution in [-0.2, 0) is 16.0 Å². The Morgan fingerprint density at radius 3 is 2.41 bits per heavy atom. The van der Waals surface area contributed by atoms with Crippen LogP contribution < -0.4 is 4.74 Å². The third-order valence-corrected chi connectivity index (χ3v) is 4.37. The molecule has 0 saturated heterocycles. The maximum Gasteiger partial charge on any atom is 0.438 e. The number of carbonyl (C=O) groups excluding carboxylic acids is 1. The zero-order valence-corrected chi connectivity index (χ0v) is 16.6. The third-order valence-electron chi connectivity index (χ3n) is 4.37. The summed E-state index contributed by atoms with van der Waals surface area (Å²) in [4.78, 5) is 14.0. The molecule has 1 aromatic carbocycles. The number of rotatable bonds is 11. The quantitative estimate of drug-likeness (QED) is 0.221. The van der Waals surface area contributed by atoms with Gasteiger partial charge in [0, 0.05) is 6.42 Å². The minimum Gasteiger partial charge on any atom is -0.515 e. The van der Waals surface area contributed by atoms with Gasteiger partial charge in [-0.2, -0.15) is 13.2 Å². The van der Waals surface area contributed by atoms with E-state index in [4.69, 9.17) is 16.4 Å². The van der Waals surface area contributed by atoms with E-state index >= 15 is 0 Å². The van der Waals surface area contributed by atoms with E-state index in [1.165, 1.54) is 6.42 Å². The minimum atomic E-state index is -5.18. The van der Waals surface area contributed by atoms with Gasteiger partial charge in [0.1, 0.15) is 5.75 Å². The number of carbonyl (C=O) groups is 1. The zero-order chi connectivity index (χ0) is 21.9. The summed E-state index contributed by atoms with van der Waals surface area (Å²) in [6.07, 6.45) is -0.431. The molecule has 0 heterocycles. The average molecular weight is 413 g/mol. The molecule has 1 aromatic rings. The molecule has 1 N–H and O–H groups in total. The maximum absolute atomic E-state index is 12.4. The first kappa shape index (κ1) is 24.3. The number of aliphatic hydroxyl groups excluding tert-OH is 1. The molecule has 0 spiro atoms. The highest BCUT2D eigenvalue weighted by Crippen LogP contribution is 2.27. The summed E-state index contributed by atoms with van der Waals surface area (Å²) in [5, 5.41) is 8.94. The Morgan fingerprint density at radius 1 is 1.24 bits per heavy atom. The number of allylic oxidation sites excluding steroid dienone is 1. The Balaban J connectivity index is 2.52. The molecule has 8 heteroatoms. The van der Waals surface area contributed by atoms with Crippen molar-refractivity contribution >= 4 is 5.97 Å². The van der Waals surface area contributed by atoms with Gasteiger partial charge in [0.2, 0.25) is 5.76 Å². The Kier molecular flexibility index (Phi) is 10.1. The van der Waals surface area contributed by atoms with Gasteiger partial charge in [-0.3, -0.25) is 4.79 Å². The molecule has 0 fully saturated rings. The van der Waals surface area contributed by atoms with E-state index in [1.807, 2.05) is 0 Å². The van der Waals surface area contributed by atoms with Crippen molar-refractivity contribution in [2.45, 2.75) is 52.1 Å². The highest BCUT2D eigenvalue weighted by molar-refractivity contribution is 5.91. The van der Waals surface area contributed by atoms with E-state index in [0.717, 1.165) is 24.8 Å². The van der Waals surface area contributed by atoms with Crippen molar-refractivity contribution < 1.29 is 32.5 Å². The zero-order valence-electron chi connectivity index (χ0n) is 16.6. The summed E-state index contributed by atoms with van der Waals surface area (Å²) in [6.45, 7) is 11.3. The van der Waals surface area contributed by atoms with E-state index < -0.39 is 23.6 Å². The smallest absolute Gasteiger partial charge is 0.438 e. The first-order chi connectivity index (χ1) is 13.7. The highest BCUT2D eigenvalue weighted by atomic mass is 19.4. The fraction of sp³-hybridized carbons (Fsp3) is 0.524. The first-order valence-corrected chi connectivity index (χ1v) is 9.49. The summed E-state index contributed by atoms with van der Waals surface area (Å²) in [5.74, 6) is -2.53. The largest absolute Gasteiger partial charge is 0.515 e. The number of nitrogens with zero attached hydrogens (tertiary/aromatic N) is 1. The number of benzene rings is 1. The van der Waals surface area contributed by atoms with Crippen LogP contribution in [-0.4, -0.2) is 30.5 Å². The number of hydrogen-bond donors (Lipinski definition) is 1. The lowest BCUT2D eigenvalue weighted by Crippen LogP contribution is -2.18. The van der Waals surface area contributed by atoms with Gasteiger partial charge in [-0.1, -0.05) is 45.2 Å². The van der Waals surface area contributed by atoms with Crippen molar-refractivity contribution in [2.75, 3.05) is 13.2 Å². The molecular formula is C21H26F3NO4. The summed E-state index contributed by atoms with van der Waals surface area (Å²) >= 11 is 0. The van der Waals surface area contributed by atoms with Crippen LogP contribution in [0, 0.1) is 12.5 Å². The molecule has 160 valence electrons. The monoisotopic (exact) mass is 413 g/mol. The topological polar surface area (TPSA) is 60.1 Å². The molecule has 0 amide bonds. The van der Waals surface area contributed by atoms with Gasteiger partial charge in [0.25, 0.3) is 0 Å². The lowest BCUT2D eigenvalue weighted by Gasteiger charge is -2.15. The van der Waals surface area contributed by atoms with Crippen LogP contribution in [0.1, 0.15) is 45.1 Å². The lowest BCUT2D eigenvalue weighted by molar-refractivity contribution is -0.142.